The summed E-state index contributed by atoms with van der Waals surface area (Å²) >= 11 is 1.86. The standard InChI is InChI=1S/C52H33NOS/c1-2-14-35-31-38(30-29-34(35)13-1)41-19-3-6-24-46(41)53(39-17-9-15-36(32-39)42-22-11-26-48-51(42)44-20-4-7-25-47(44)54-48)40-18-10-16-37(33-40)43-23-12-28-50-52(43)45-21-5-8-27-49(45)55-50/h1-33H. The Morgan fingerprint density at radius 2 is 0.945 bits per heavy atom. The lowest BCUT2D eigenvalue weighted by molar-refractivity contribution is 0.669. The van der Waals surface area contributed by atoms with Crippen LogP contribution in [0.4, 0.5) is 17.1 Å². The lowest BCUT2D eigenvalue weighted by Gasteiger charge is -2.29. The van der Waals surface area contributed by atoms with Gasteiger partial charge in [0.15, 0.2) is 0 Å². The number of fused-ring (bicyclic) bond motifs is 7. The molecular formula is C52H33NOS. The van der Waals surface area contributed by atoms with Crippen LogP contribution in [0.1, 0.15) is 0 Å². The second-order valence-corrected chi connectivity index (χ2v) is 15.2. The van der Waals surface area contributed by atoms with Crippen molar-refractivity contribution in [2.75, 3.05) is 4.90 Å². The van der Waals surface area contributed by atoms with E-state index in [1.807, 2.05) is 23.5 Å². The molecule has 0 spiro atoms. The third-order valence-corrected chi connectivity index (χ3v) is 12.0. The van der Waals surface area contributed by atoms with Crippen LogP contribution in [0.3, 0.4) is 0 Å². The van der Waals surface area contributed by atoms with Crippen molar-refractivity contribution in [2.45, 2.75) is 0 Å². The molecule has 0 amide bonds. The smallest absolute Gasteiger partial charge is 0.136 e. The Morgan fingerprint density at radius 1 is 0.364 bits per heavy atom. The SMILES string of the molecule is c1cc(-c2cccc3oc4ccccc4c23)cc(N(c2cccc(-c3cccc4sc5ccccc5c34)c2)c2ccccc2-c2ccc3ccccc3c2)c1. The van der Waals surface area contributed by atoms with E-state index in [2.05, 4.69) is 193 Å². The molecule has 0 atom stereocenters. The molecule has 0 saturated carbocycles. The Labute approximate surface area is 322 Å². The van der Waals surface area contributed by atoms with E-state index in [0.717, 1.165) is 55.7 Å². The van der Waals surface area contributed by atoms with E-state index in [0.29, 0.717) is 0 Å². The summed E-state index contributed by atoms with van der Waals surface area (Å²) in [6.07, 6.45) is 0. The highest BCUT2D eigenvalue weighted by molar-refractivity contribution is 7.25. The van der Waals surface area contributed by atoms with E-state index in [-0.39, 0.29) is 0 Å². The molecule has 3 heteroatoms. The number of nitrogens with zero attached hydrogens (tertiary/aromatic N) is 1. The Balaban J connectivity index is 1.14. The van der Waals surface area contributed by atoms with Crippen molar-refractivity contribution in [3.8, 4) is 33.4 Å². The third-order valence-electron chi connectivity index (χ3n) is 10.8. The first-order valence-electron chi connectivity index (χ1n) is 18.7. The fourth-order valence-corrected chi connectivity index (χ4v) is 9.48. The molecule has 0 N–H and O–H groups in total. The molecule has 9 aromatic carbocycles. The molecule has 11 rings (SSSR count). The first-order chi connectivity index (χ1) is 27.3. The zero-order valence-electron chi connectivity index (χ0n) is 29.8. The zero-order chi connectivity index (χ0) is 36.3. The second kappa shape index (κ2) is 12.9. The van der Waals surface area contributed by atoms with E-state index in [1.54, 1.807) is 0 Å². The highest BCUT2D eigenvalue weighted by atomic mass is 32.1. The Kier molecular flexibility index (Phi) is 7.39. The average molecular weight is 720 g/mol. The molecule has 2 aromatic heterocycles. The largest absolute Gasteiger partial charge is 0.456 e. The first kappa shape index (κ1) is 31.6. The summed E-state index contributed by atoms with van der Waals surface area (Å²) in [7, 11) is 0. The van der Waals surface area contributed by atoms with Crippen LogP contribution in [0.2, 0.25) is 0 Å². The molecule has 0 aliphatic heterocycles. The van der Waals surface area contributed by atoms with Crippen molar-refractivity contribution in [3.05, 3.63) is 200 Å². The van der Waals surface area contributed by atoms with Crippen molar-refractivity contribution in [1.82, 2.24) is 0 Å². The maximum atomic E-state index is 6.32. The lowest BCUT2D eigenvalue weighted by Crippen LogP contribution is -2.11. The van der Waals surface area contributed by atoms with Crippen LogP contribution in [0.5, 0.6) is 0 Å². The minimum absolute atomic E-state index is 0.894. The number of para-hydroxylation sites is 2. The number of hydrogen-bond acceptors (Lipinski definition) is 3. The van der Waals surface area contributed by atoms with Gasteiger partial charge in [-0.15, -0.1) is 11.3 Å². The summed E-state index contributed by atoms with van der Waals surface area (Å²) < 4.78 is 8.93. The maximum absolute atomic E-state index is 6.32. The number of rotatable bonds is 6. The molecule has 0 radical (unpaired) electrons. The van der Waals surface area contributed by atoms with Gasteiger partial charge in [0.25, 0.3) is 0 Å². The third kappa shape index (κ3) is 5.32. The molecule has 0 saturated heterocycles. The molecule has 0 bridgehead atoms. The van der Waals surface area contributed by atoms with Crippen LogP contribution in [-0.2, 0) is 0 Å². The fourth-order valence-electron chi connectivity index (χ4n) is 8.35. The van der Waals surface area contributed by atoms with Gasteiger partial charge in [0.1, 0.15) is 11.2 Å². The summed E-state index contributed by atoms with van der Waals surface area (Å²) in [5.41, 5.74) is 12.1. The summed E-state index contributed by atoms with van der Waals surface area (Å²) in [4.78, 5) is 2.43. The summed E-state index contributed by atoms with van der Waals surface area (Å²) in [6, 6.07) is 72.3. The van der Waals surface area contributed by atoms with E-state index in [9.17, 15) is 0 Å². The topological polar surface area (TPSA) is 16.4 Å². The van der Waals surface area contributed by atoms with Gasteiger partial charge < -0.3 is 9.32 Å². The van der Waals surface area contributed by atoms with Crippen LogP contribution >= 0.6 is 11.3 Å². The predicted octanol–water partition coefficient (Wildman–Crippen LogP) is 15.6. The summed E-state index contributed by atoms with van der Waals surface area (Å²) in [6.45, 7) is 0. The minimum atomic E-state index is 0.894. The molecular weight excluding hydrogens is 687 g/mol. The summed E-state index contributed by atoms with van der Waals surface area (Å²) in [5, 5.41) is 7.33. The second-order valence-electron chi connectivity index (χ2n) is 14.1. The van der Waals surface area contributed by atoms with Gasteiger partial charge in [0.05, 0.1) is 5.69 Å². The first-order valence-corrected chi connectivity index (χ1v) is 19.5. The average Bonchev–Trinajstić information content (AvgIpc) is 3.83. The van der Waals surface area contributed by atoms with Gasteiger partial charge in [0.2, 0.25) is 0 Å². The van der Waals surface area contributed by atoms with Crippen molar-refractivity contribution in [3.63, 3.8) is 0 Å². The van der Waals surface area contributed by atoms with Crippen LogP contribution < -0.4 is 4.90 Å². The Hall–Kier alpha value is -6.94. The summed E-state index contributed by atoms with van der Waals surface area (Å²) in [5.74, 6) is 0. The molecule has 11 aromatic rings. The van der Waals surface area contributed by atoms with Crippen LogP contribution in [0.25, 0.3) is 86.3 Å². The molecule has 0 fully saturated rings. The number of hydrogen-bond donors (Lipinski definition) is 0. The van der Waals surface area contributed by atoms with Crippen LogP contribution in [0.15, 0.2) is 205 Å². The van der Waals surface area contributed by atoms with Crippen molar-refractivity contribution in [2.24, 2.45) is 0 Å². The quantitative estimate of drug-likeness (QED) is 0.170. The molecule has 0 unspecified atom stereocenters. The van der Waals surface area contributed by atoms with E-state index >= 15 is 0 Å². The number of furan rings is 1. The van der Waals surface area contributed by atoms with Gasteiger partial charge in [-0.3, -0.25) is 0 Å². The predicted molar refractivity (Wildman–Crippen MR) is 235 cm³/mol. The molecule has 55 heavy (non-hydrogen) atoms. The number of anilines is 3. The highest BCUT2D eigenvalue weighted by Crippen LogP contribution is 2.46. The highest BCUT2D eigenvalue weighted by Gasteiger charge is 2.20. The molecule has 258 valence electrons. The van der Waals surface area contributed by atoms with Crippen molar-refractivity contribution in [1.29, 1.82) is 0 Å². The minimum Gasteiger partial charge on any atom is -0.456 e. The van der Waals surface area contributed by atoms with E-state index in [1.165, 1.54) is 47.6 Å². The molecule has 0 aliphatic carbocycles. The lowest BCUT2D eigenvalue weighted by atomic mass is 9.96. The Morgan fingerprint density at radius 3 is 1.78 bits per heavy atom. The fraction of sp³-hybridized carbons (Fsp3) is 0. The molecule has 2 nitrogen and oxygen atoms in total. The zero-order valence-corrected chi connectivity index (χ0v) is 30.6. The van der Waals surface area contributed by atoms with Gasteiger partial charge >= 0.3 is 0 Å². The van der Waals surface area contributed by atoms with Crippen molar-refractivity contribution < 1.29 is 4.42 Å². The van der Waals surface area contributed by atoms with Gasteiger partial charge in [-0.25, -0.2) is 0 Å². The van der Waals surface area contributed by atoms with Gasteiger partial charge in [0, 0.05) is 47.9 Å². The monoisotopic (exact) mass is 719 g/mol. The van der Waals surface area contributed by atoms with E-state index in [4.69, 9.17) is 4.42 Å². The van der Waals surface area contributed by atoms with Crippen LogP contribution in [-0.4, -0.2) is 0 Å². The Bertz CT molecular complexity index is 3080. The molecule has 0 aliphatic rings. The van der Waals surface area contributed by atoms with Crippen molar-refractivity contribution >= 4 is 81.3 Å². The molecule has 2 heterocycles. The maximum Gasteiger partial charge on any atom is 0.136 e. The van der Waals surface area contributed by atoms with E-state index < -0.39 is 0 Å². The number of thiophene rings is 1. The number of benzene rings is 9. The van der Waals surface area contributed by atoms with Gasteiger partial charge in [-0.05, 0) is 99.3 Å². The van der Waals surface area contributed by atoms with Crippen LogP contribution in [0, 0.1) is 0 Å². The normalized spacial score (nSPS) is 11.6. The van der Waals surface area contributed by atoms with Gasteiger partial charge in [-0.1, -0.05) is 140 Å². The van der Waals surface area contributed by atoms with Gasteiger partial charge in [-0.2, -0.15) is 0 Å².